The van der Waals surface area contributed by atoms with Crippen LogP contribution >= 0.6 is 0 Å². The fourth-order valence-electron chi connectivity index (χ4n) is 2.65. The third kappa shape index (κ3) is 6.92. The van der Waals surface area contributed by atoms with Crippen LogP contribution in [0.25, 0.3) is 0 Å². The van der Waals surface area contributed by atoms with Crippen LogP contribution < -0.4 is 15.4 Å². The van der Waals surface area contributed by atoms with E-state index in [4.69, 9.17) is 14.2 Å². The first-order valence-electron chi connectivity index (χ1n) is 9.08. The van der Waals surface area contributed by atoms with Crippen LogP contribution in [0.2, 0.25) is 0 Å². The third-order valence-corrected chi connectivity index (χ3v) is 4.09. The van der Waals surface area contributed by atoms with E-state index in [1.807, 2.05) is 13.0 Å². The fraction of sp³-hybridized carbons (Fsp3) is 0.632. The third-order valence-electron chi connectivity index (χ3n) is 4.09. The van der Waals surface area contributed by atoms with E-state index in [9.17, 15) is 0 Å². The normalized spacial score (nSPS) is 17.6. The monoisotopic (exact) mass is 349 g/mol. The van der Waals surface area contributed by atoms with E-state index in [-0.39, 0.29) is 6.10 Å². The van der Waals surface area contributed by atoms with Gasteiger partial charge in [0.1, 0.15) is 5.75 Å². The number of hydrogen-bond acceptors (Lipinski definition) is 4. The van der Waals surface area contributed by atoms with Crippen molar-refractivity contribution < 1.29 is 14.2 Å². The van der Waals surface area contributed by atoms with E-state index in [0.29, 0.717) is 6.54 Å². The average Bonchev–Trinajstić information content (AvgIpc) is 3.13. The number of guanidine groups is 1. The molecule has 1 heterocycles. The maximum Gasteiger partial charge on any atom is 0.191 e. The Balaban J connectivity index is 1.75. The Morgan fingerprint density at radius 3 is 2.96 bits per heavy atom. The average molecular weight is 349 g/mol. The number of hydrogen-bond donors (Lipinski definition) is 2. The Kier molecular flexibility index (Phi) is 8.55. The summed E-state index contributed by atoms with van der Waals surface area (Å²) in [6.45, 7) is 8.68. The van der Waals surface area contributed by atoms with Gasteiger partial charge in [0.25, 0.3) is 0 Å². The Morgan fingerprint density at radius 1 is 1.36 bits per heavy atom. The summed E-state index contributed by atoms with van der Waals surface area (Å²) >= 11 is 0. The maximum atomic E-state index is 5.77. The Bertz CT molecular complexity index is 543. The van der Waals surface area contributed by atoms with Gasteiger partial charge >= 0.3 is 0 Å². The highest BCUT2D eigenvalue weighted by Gasteiger charge is 2.15. The largest absolute Gasteiger partial charge is 0.496 e. The van der Waals surface area contributed by atoms with Gasteiger partial charge in [0.2, 0.25) is 0 Å². The van der Waals surface area contributed by atoms with Gasteiger partial charge in [-0.05, 0) is 43.9 Å². The molecule has 1 aliphatic rings. The number of nitrogens with zero attached hydrogens (tertiary/aromatic N) is 1. The highest BCUT2D eigenvalue weighted by atomic mass is 16.5. The first-order chi connectivity index (χ1) is 12.2. The zero-order chi connectivity index (χ0) is 17.9. The summed E-state index contributed by atoms with van der Waals surface area (Å²) in [6.07, 6.45) is 2.23. The second-order valence-corrected chi connectivity index (χ2v) is 6.14. The van der Waals surface area contributed by atoms with Gasteiger partial charge in [-0.25, -0.2) is 4.99 Å². The van der Waals surface area contributed by atoms with Crippen molar-refractivity contribution >= 4 is 5.96 Å². The van der Waals surface area contributed by atoms with E-state index >= 15 is 0 Å². The van der Waals surface area contributed by atoms with E-state index < -0.39 is 0 Å². The molecule has 1 unspecified atom stereocenters. The zero-order valence-corrected chi connectivity index (χ0v) is 15.6. The molecule has 0 aromatic heterocycles. The van der Waals surface area contributed by atoms with Gasteiger partial charge in [-0.1, -0.05) is 12.1 Å². The molecule has 2 rings (SSSR count). The molecular weight excluding hydrogens is 318 g/mol. The molecule has 0 radical (unpaired) electrons. The Labute approximate surface area is 151 Å². The van der Waals surface area contributed by atoms with Gasteiger partial charge < -0.3 is 24.8 Å². The Hall–Kier alpha value is -1.79. The smallest absolute Gasteiger partial charge is 0.191 e. The summed E-state index contributed by atoms with van der Waals surface area (Å²) in [5, 5.41) is 6.62. The number of nitrogens with one attached hydrogen (secondary N) is 2. The summed E-state index contributed by atoms with van der Waals surface area (Å²) < 4.78 is 16.4. The minimum atomic E-state index is 0.276. The second kappa shape index (κ2) is 10.9. The number of rotatable bonds is 9. The van der Waals surface area contributed by atoms with Crippen LogP contribution in [-0.4, -0.2) is 52.1 Å². The zero-order valence-electron chi connectivity index (χ0n) is 15.6. The van der Waals surface area contributed by atoms with Crippen molar-refractivity contribution in [3.8, 4) is 5.75 Å². The molecule has 25 heavy (non-hydrogen) atoms. The van der Waals surface area contributed by atoms with Crippen molar-refractivity contribution in [1.82, 2.24) is 10.6 Å². The molecule has 0 amide bonds. The maximum absolute atomic E-state index is 5.77. The molecule has 1 saturated heterocycles. The van der Waals surface area contributed by atoms with Crippen LogP contribution in [-0.2, 0) is 16.0 Å². The van der Waals surface area contributed by atoms with Crippen molar-refractivity contribution in [3.63, 3.8) is 0 Å². The van der Waals surface area contributed by atoms with E-state index in [1.54, 1.807) is 7.11 Å². The fourth-order valence-corrected chi connectivity index (χ4v) is 2.65. The summed E-state index contributed by atoms with van der Waals surface area (Å²) in [6, 6.07) is 6.19. The van der Waals surface area contributed by atoms with Crippen LogP contribution in [0.1, 0.15) is 30.9 Å². The lowest BCUT2D eigenvalue weighted by molar-refractivity contribution is 0.0420. The molecule has 0 saturated carbocycles. The van der Waals surface area contributed by atoms with Crippen LogP contribution in [0.3, 0.4) is 0 Å². The molecule has 1 aromatic carbocycles. The molecular formula is C19H31N3O3. The molecule has 1 aromatic rings. The molecule has 0 bridgehead atoms. The van der Waals surface area contributed by atoms with Crippen molar-refractivity contribution in [1.29, 1.82) is 0 Å². The molecule has 6 heteroatoms. The summed E-state index contributed by atoms with van der Waals surface area (Å²) in [7, 11) is 1.70. The van der Waals surface area contributed by atoms with Gasteiger partial charge in [-0.3, -0.25) is 0 Å². The van der Waals surface area contributed by atoms with Crippen molar-refractivity contribution in [3.05, 3.63) is 29.3 Å². The van der Waals surface area contributed by atoms with Gasteiger partial charge in [0.15, 0.2) is 5.96 Å². The van der Waals surface area contributed by atoms with Crippen LogP contribution in [0.15, 0.2) is 23.2 Å². The van der Waals surface area contributed by atoms with Crippen molar-refractivity contribution in [2.24, 2.45) is 4.99 Å². The lowest BCUT2D eigenvalue weighted by Gasteiger charge is -2.13. The van der Waals surface area contributed by atoms with E-state index in [2.05, 4.69) is 34.7 Å². The molecule has 2 N–H and O–H groups in total. The molecule has 1 atom stereocenters. The first kappa shape index (κ1) is 19.5. The molecule has 0 spiro atoms. The van der Waals surface area contributed by atoms with E-state index in [0.717, 1.165) is 68.6 Å². The van der Waals surface area contributed by atoms with Gasteiger partial charge in [0, 0.05) is 26.3 Å². The molecule has 6 nitrogen and oxygen atoms in total. The van der Waals surface area contributed by atoms with Gasteiger partial charge in [-0.2, -0.15) is 0 Å². The molecule has 140 valence electrons. The van der Waals surface area contributed by atoms with E-state index in [1.165, 1.54) is 0 Å². The van der Waals surface area contributed by atoms with Crippen molar-refractivity contribution in [2.45, 2.75) is 39.3 Å². The van der Waals surface area contributed by atoms with Crippen LogP contribution in [0.4, 0.5) is 0 Å². The SMILES string of the molecule is CCNC(=NCc1ccc(C)c(OC)c1)NCCCOC1CCOC1. The number of aliphatic imine (C=N–C) groups is 1. The highest BCUT2D eigenvalue weighted by Crippen LogP contribution is 2.19. The second-order valence-electron chi connectivity index (χ2n) is 6.14. The van der Waals surface area contributed by atoms with Gasteiger partial charge in [-0.15, -0.1) is 0 Å². The number of aryl methyl sites for hydroxylation is 1. The highest BCUT2D eigenvalue weighted by molar-refractivity contribution is 5.79. The first-order valence-corrected chi connectivity index (χ1v) is 9.08. The van der Waals surface area contributed by atoms with Crippen LogP contribution in [0.5, 0.6) is 5.75 Å². The lowest BCUT2D eigenvalue weighted by atomic mass is 10.1. The number of ether oxygens (including phenoxy) is 3. The van der Waals surface area contributed by atoms with Crippen LogP contribution in [0, 0.1) is 6.92 Å². The molecule has 1 aliphatic heterocycles. The lowest BCUT2D eigenvalue weighted by Crippen LogP contribution is -2.38. The number of methoxy groups -OCH3 is 1. The minimum absolute atomic E-state index is 0.276. The molecule has 0 aliphatic carbocycles. The predicted octanol–water partition coefficient (Wildman–Crippen LogP) is 2.25. The number of benzene rings is 1. The van der Waals surface area contributed by atoms with Gasteiger partial charge in [0.05, 0.1) is 26.4 Å². The Morgan fingerprint density at radius 2 is 2.24 bits per heavy atom. The minimum Gasteiger partial charge on any atom is -0.496 e. The summed E-state index contributed by atoms with van der Waals surface area (Å²) in [4.78, 5) is 4.64. The predicted molar refractivity (Wildman–Crippen MR) is 100 cm³/mol. The summed E-state index contributed by atoms with van der Waals surface area (Å²) in [5.74, 6) is 1.73. The molecule has 1 fully saturated rings. The summed E-state index contributed by atoms with van der Waals surface area (Å²) in [5.41, 5.74) is 2.26. The quantitative estimate of drug-likeness (QED) is 0.407. The van der Waals surface area contributed by atoms with Crippen molar-refractivity contribution in [2.75, 3.05) is 40.0 Å². The topological polar surface area (TPSA) is 64.1 Å². The standard InChI is InChI=1S/C19H31N3O3/c1-4-20-19(21-9-5-10-25-17-8-11-24-14-17)22-13-16-7-6-15(2)18(12-16)23-3/h6-7,12,17H,4-5,8-11,13-14H2,1-3H3,(H2,20,21,22).